The molecule has 5 atom stereocenters. The van der Waals surface area contributed by atoms with Crippen LogP contribution >= 0.6 is 7.82 Å². The van der Waals surface area contributed by atoms with Crippen LogP contribution in [0.2, 0.25) is 0 Å². The third-order valence-electron chi connectivity index (χ3n) is 4.69. The highest BCUT2D eigenvalue weighted by atomic mass is 31.2. The van der Waals surface area contributed by atoms with E-state index < -0.39 is 32.4 Å². The van der Waals surface area contributed by atoms with Crippen LogP contribution in [0.15, 0.2) is 43.0 Å². The van der Waals surface area contributed by atoms with E-state index in [0.29, 0.717) is 16.9 Å². The summed E-state index contributed by atoms with van der Waals surface area (Å²) in [7, 11) is 2.12. The van der Waals surface area contributed by atoms with Gasteiger partial charge in [-0.1, -0.05) is 30.3 Å². The van der Waals surface area contributed by atoms with Gasteiger partial charge in [0, 0.05) is 5.56 Å². The lowest BCUT2D eigenvalue weighted by atomic mass is 10.1. The van der Waals surface area contributed by atoms with Crippen molar-refractivity contribution < 1.29 is 23.8 Å². The van der Waals surface area contributed by atoms with Crippen molar-refractivity contribution >= 4 is 26.6 Å². The van der Waals surface area contributed by atoms with Crippen LogP contribution in [0.5, 0.6) is 0 Å². The summed E-state index contributed by atoms with van der Waals surface area (Å²) in [6.45, 7) is 0.0376. The first-order chi connectivity index (χ1) is 13.0. The molecule has 1 aromatic carbocycles. The van der Waals surface area contributed by atoms with Crippen LogP contribution in [0, 0.1) is 0 Å². The molecule has 2 aliphatic heterocycles. The van der Waals surface area contributed by atoms with E-state index in [-0.39, 0.29) is 6.61 Å². The maximum atomic E-state index is 10.7. The van der Waals surface area contributed by atoms with E-state index in [1.54, 1.807) is 10.9 Å². The summed E-state index contributed by atoms with van der Waals surface area (Å²) in [5.74, 6) is 0. The first kappa shape index (κ1) is 17.2. The van der Waals surface area contributed by atoms with E-state index >= 15 is 0 Å². The van der Waals surface area contributed by atoms with Gasteiger partial charge in [0.2, 0.25) is 0 Å². The molecule has 2 saturated heterocycles. The van der Waals surface area contributed by atoms with Gasteiger partial charge < -0.3 is 9.84 Å². The molecule has 2 radical (unpaired) electrons. The minimum atomic E-state index is -3.43. The lowest BCUT2D eigenvalue weighted by Crippen LogP contribution is -2.40. The SMILES string of the molecule is [B][P+]1(O)OC[C@H]2O[C@@H](n3cnc4c(-c5ccccc5)ncnc43)C(O)[C@@H]2O1. The molecule has 136 valence electrons. The molecule has 0 saturated carbocycles. The molecule has 0 aliphatic carbocycles. The van der Waals surface area contributed by atoms with Gasteiger partial charge in [-0.25, -0.2) is 19.8 Å². The fourth-order valence-corrected chi connectivity index (χ4v) is 4.47. The molecule has 0 amide bonds. The van der Waals surface area contributed by atoms with E-state index in [0.717, 1.165) is 5.56 Å². The van der Waals surface area contributed by atoms with Crippen molar-refractivity contribution in [3.8, 4) is 11.3 Å². The van der Waals surface area contributed by atoms with Gasteiger partial charge in [-0.05, 0) is 0 Å². The zero-order valence-corrected chi connectivity index (χ0v) is 14.9. The number of aliphatic hydroxyl groups excluding tert-OH is 1. The Labute approximate surface area is 155 Å². The number of rotatable bonds is 2. The molecule has 9 nitrogen and oxygen atoms in total. The Balaban J connectivity index is 1.53. The number of hydrogen-bond acceptors (Lipinski definition) is 8. The van der Waals surface area contributed by atoms with Crippen LogP contribution in [0.25, 0.3) is 22.4 Å². The van der Waals surface area contributed by atoms with Gasteiger partial charge in [0.25, 0.3) is 0 Å². The molecule has 11 heteroatoms. The zero-order chi connectivity index (χ0) is 18.6. The van der Waals surface area contributed by atoms with Crippen LogP contribution in [-0.4, -0.2) is 62.0 Å². The number of aliphatic hydroxyl groups is 1. The first-order valence-corrected chi connectivity index (χ1v) is 9.98. The summed E-state index contributed by atoms with van der Waals surface area (Å²) in [6, 6.07) is 9.64. The number of imidazole rings is 1. The van der Waals surface area contributed by atoms with E-state index in [1.807, 2.05) is 30.3 Å². The number of ether oxygens (including phenoxy) is 1. The Hall–Kier alpha value is -1.94. The average molecular weight is 385 g/mol. The molecule has 2 fully saturated rings. The monoisotopic (exact) mass is 385 g/mol. The number of benzene rings is 1. The maximum Gasteiger partial charge on any atom is 0.488 e. The molecule has 5 rings (SSSR count). The van der Waals surface area contributed by atoms with Gasteiger partial charge in [0.05, 0.1) is 6.33 Å². The van der Waals surface area contributed by atoms with Gasteiger partial charge in [0.15, 0.2) is 18.0 Å². The highest BCUT2D eigenvalue weighted by molar-refractivity contribution is 7.85. The van der Waals surface area contributed by atoms with Crippen molar-refractivity contribution in [2.45, 2.75) is 24.5 Å². The smallest absolute Gasteiger partial charge is 0.385 e. The summed E-state index contributed by atoms with van der Waals surface area (Å²) in [4.78, 5) is 22.9. The Kier molecular flexibility index (Phi) is 4.01. The maximum absolute atomic E-state index is 10.7. The van der Waals surface area contributed by atoms with Gasteiger partial charge in [-0.3, -0.25) is 4.57 Å². The van der Waals surface area contributed by atoms with Gasteiger partial charge in [-0.15, -0.1) is 0 Å². The first-order valence-electron chi connectivity index (χ1n) is 8.33. The minimum absolute atomic E-state index is 0.0376. The van der Waals surface area contributed by atoms with Crippen molar-refractivity contribution in [3.05, 3.63) is 43.0 Å². The van der Waals surface area contributed by atoms with Crippen molar-refractivity contribution in [2.24, 2.45) is 0 Å². The van der Waals surface area contributed by atoms with Crippen LogP contribution in [0.1, 0.15) is 6.23 Å². The Morgan fingerprint density at radius 2 is 2.00 bits per heavy atom. The second kappa shape index (κ2) is 6.30. The van der Waals surface area contributed by atoms with Gasteiger partial charge in [0.1, 0.15) is 36.4 Å². The lowest BCUT2D eigenvalue weighted by molar-refractivity contribution is -0.0603. The van der Waals surface area contributed by atoms with E-state index in [1.165, 1.54) is 6.33 Å². The molecule has 2 aliphatic rings. The fourth-order valence-electron chi connectivity index (χ4n) is 3.44. The third-order valence-corrected chi connectivity index (χ3v) is 5.75. The normalized spacial score (nSPS) is 33.3. The van der Waals surface area contributed by atoms with Gasteiger partial charge in [-0.2, -0.15) is 9.05 Å². The largest absolute Gasteiger partial charge is 0.488 e. The average Bonchev–Trinajstić information content (AvgIpc) is 3.23. The van der Waals surface area contributed by atoms with Crippen LogP contribution in [0.4, 0.5) is 0 Å². The topological polar surface area (TPSA) is 112 Å². The van der Waals surface area contributed by atoms with Crippen molar-refractivity contribution in [1.29, 1.82) is 0 Å². The highest BCUT2D eigenvalue weighted by Crippen LogP contribution is 2.58. The molecule has 3 aromatic rings. The summed E-state index contributed by atoms with van der Waals surface area (Å²) in [5, 5.41) is 10.7. The molecule has 4 heterocycles. The van der Waals surface area contributed by atoms with Crippen LogP contribution in [-0.2, 0) is 13.8 Å². The van der Waals surface area contributed by atoms with E-state index in [9.17, 15) is 10.00 Å². The number of hydrogen-bond donors (Lipinski definition) is 2. The van der Waals surface area contributed by atoms with E-state index in [4.69, 9.17) is 21.4 Å². The van der Waals surface area contributed by atoms with Crippen LogP contribution in [0.3, 0.4) is 0 Å². The summed E-state index contributed by atoms with van der Waals surface area (Å²) >= 11 is 0. The molecule has 0 spiro atoms. The van der Waals surface area contributed by atoms with Crippen molar-refractivity contribution in [3.63, 3.8) is 0 Å². The second-order valence-corrected chi connectivity index (χ2v) is 8.00. The molecular weight excluding hydrogens is 370 g/mol. The quantitative estimate of drug-likeness (QED) is 0.497. The van der Waals surface area contributed by atoms with Crippen LogP contribution < -0.4 is 0 Å². The fraction of sp³-hybridized carbons (Fsp3) is 0.312. The number of aromatic nitrogens is 4. The third kappa shape index (κ3) is 2.85. The minimum Gasteiger partial charge on any atom is -0.385 e. The highest BCUT2D eigenvalue weighted by Gasteiger charge is 2.56. The molecule has 0 bridgehead atoms. The molecular formula is C16H15BN4O5P+. The summed E-state index contributed by atoms with van der Waals surface area (Å²) in [6.07, 6.45) is -0.226. The second-order valence-electron chi connectivity index (χ2n) is 6.40. The predicted octanol–water partition coefficient (Wildman–Crippen LogP) is 1.01. The zero-order valence-electron chi connectivity index (χ0n) is 14.0. The molecule has 2 unspecified atom stereocenters. The molecule has 2 aromatic heterocycles. The predicted molar refractivity (Wildman–Crippen MR) is 96.4 cm³/mol. The summed E-state index contributed by atoms with van der Waals surface area (Å²) < 4.78 is 17.9. The molecule has 2 N–H and O–H groups in total. The number of fused-ring (bicyclic) bond motifs is 2. The summed E-state index contributed by atoms with van der Waals surface area (Å²) in [5.41, 5.74) is 2.71. The Morgan fingerprint density at radius 1 is 1.19 bits per heavy atom. The van der Waals surface area contributed by atoms with Crippen molar-refractivity contribution in [2.75, 3.05) is 6.61 Å². The Morgan fingerprint density at radius 3 is 2.81 bits per heavy atom. The van der Waals surface area contributed by atoms with Gasteiger partial charge >= 0.3 is 15.4 Å². The Bertz CT molecular complexity index is 987. The van der Waals surface area contributed by atoms with E-state index in [2.05, 4.69) is 15.0 Å². The lowest BCUT2D eigenvalue weighted by Gasteiger charge is -2.27. The molecule has 27 heavy (non-hydrogen) atoms. The standard InChI is InChI=1S/C16H15BN4O5P/c17-27(23)24-6-10-14(26-27)13(22)16(25-10)21-8-20-12-11(18-7-19-15(12)21)9-4-2-1-3-5-9/h1-5,7-8,10,13-14,16,22-23H,6H2/q+1/t10-,13?,14-,16-,27?/m1/s1. The van der Waals surface area contributed by atoms with Crippen molar-refractivity contribution in [1.82, 2.24) is 19.5 Å². The number of nitrogens with zero attached hydrogens (tertiary/aromatic N) is 4.